The van der Waals surface area contributed by atoms with E-state index in [0.717, 1.165) is 17.7 Å². The Labute approximate surface area is 127 Å². The second-order valence-electron chi connectivity index (χ2n) is 5.57. The van der Waals surface area contributed by atoms with Crippen LogP contribution in [0.25, 0.3) is 0 Å². The van der Waals surface area contributed by atoms with Crippen LogP contribution in [0.2, 0.25) is 0 Å². The Morgan fingerprint density at radius 3 is 2.52 bits per heavy atom. The van der Waals surface area contributed by atoms with Crippen molar-refractivity contribution < 1.29 is 19.8 Å². The third-order valence-electron chi connectivity index (χ3n) is 4.05. The number of urea groups is 1. The first kappa shape index (κ1) is 15.8. The van der Waals surface area contributed by atoms with E-state index in [-0.39, 0.29) is 17.6 Å². The zero-order valence-electron chi connectivity index (χ0n) is 12.2. The van der Waals surface area contributed by atoms with Crippen molar-refractivity contribution in [1.82, 2.24) is 5.32 Å². The molecule has 1 aliphatic rings. The summed E-state index contributed by atoms with van der Waals surface area (Å²) in [5, 5.41) is 24.0. The standard InChI is InChI=1S/C14H20N2O4S/c1-8-9(2)21-11(10(8)12(18)19)16-13(20)15-7-14(3-4-14)5-6-17/h17H,3-7H2,1-2H3,(H,18,19)(H2,15,16,20). The van der Waals surface area contributed by atoms with Gasteiger partial charge < -0.3 is 15.5 Å². The highest BCUT2D eigenvalue weighted by atomic mass is 32.1. The Bertz CT molecular complexity index is 564. The molecule has 0 radical (unpaired) electrons. The first-order valence-corrected chi connectivity index (χ1v) is 7.69. The van der Waals surface area contributed by atoms with Gasteiger partial charge in [-0.15, -0.1) is 11.3 Å². The molecule has 0 spiro atoms. The molecule has 0 aliphatic heterocycles. The number of nitrogens with one attached hydrogen (secondary N) is 2. The summed E-state index contributed by atoms with van der Waals surface area (Å²) in [4.78, 5) is 24.0. The highest BCUT2D eigenvalue weighted by molar-refractivity contribution is 7.16. The van der Waals surface area contributed by atoms with E-state index in [0.29, 0.717) is 23.5 Å². The van der Waals surface area contributed by atoms with E-state index >= 15 is 0 Å². The van der Waals surface area contributed by atoms with Gasteiger partial charge in [0.2, 0.25) is 0 Å². The van der Waals surface area contributed by atoms with Crippen LogP contribution in [0.5, 0.6) is 0 Å². The topological polar surface area (TPSA) is 98.7 Å². The Hall–Kier alpha value is -1.60. The summed E-state index contributed by atoms with van der Waals surface area (Å²) in [6.07, 6.45) is 2.70. The number of hydrogen-bond acceptors (Lipinski definition) is 4. The first-order chi connectivity index (χ1) is 9.88. The molecule has 116 valence electrons. The number of rotatable bonds is 6. The van der Waals surface area contributed by atoms with Crippen LogP contribution in [0.3, 0.4) is 0 Å². The molecule has 1 aromatic heterocycles. The fourth-order valence-corrected chi connectivity index (χ4v) is 3.36. The summed E-state index contributed by atoms with van der Waals surface area (Å²) in [5.74, 6) is -1.04. The number of aliphatic hydroxyl groups excluding tert-OH is 1. The van der Waals surface area contributed by atoms with Crippen molar-refractivity contribution in [2.45, 2.75) is 33.1 Å². The van der Waals surface area contributed by atoms with Gasteiger partial charge in [-0.1, -0.05) is 0 Å². The number of carbonyl (C=O) groups is 2. The van der Waals surface area contributed by atoms with Gasteiger partial charge in [-0.25, -0.2) is 9.59 Å². The second-order valence-corrected chi connectivity index (χ2v) is 6.80. The smallest absolute Gasteiger partial charge is 0.338 e. The molecule has 0 saturated heterocycles. The molecular weight excluding hydrogens is 292 g/mol. The van der Waals surface area contributed by atoms with Crippen LogP contribution in [-0.4, -0.2) is 35.4 Å². The molecule has 1 fully saturated rings. The molecule has 2 rings (SSSR count). The van der Waals surface area contributed by atoms with Crippen molar-refractivity contribution in [2.75, 3.05) is 18.5 Å². The van der Waals surface area contributed by atoms with E-state index in [1.807, 2.05) is 6.92 Å². The van der Waals surface area contributed by atoms with Gasteiger partial charge in [-0.2, -0.15) is 0 Å². The molecule has 0 unspecified atom stereocenters. The zero-order valence-corrected chi connectivity index (χ0v) is 13.0. The van der Waals surface area contributed by atoms with E-state index in [4.69, 9.17) is 5.11 Å². The summed E-state index contributed by atoms with van der Waals surface area (Å²) in [6.45, 7) is 4.19. The van der Waals surface area contributed by atoms with Crippen LogP contribution >= 0.6 is 11.3 Å². The van der Waals surface area contributed by atoms with E-state index in [9.17, 15) is 14.7 Å². The molecule has 21 heavy (non-hydrogen) atoms. The van der Waals surface area contributed by atoms with Crippen molar-refractivity contribution in [2.24, 2.45) is 5.41 Å². The number of hydrogen-bond donors (Lipinski definition) is 4. The lowest BCUT2D eigenvalue weighted by Crippen LogP contribution is -2.34. The van der Waals surface area contributed by atoms with Gasteiger partial charge in [0.25, 0.3) is 0 Å². The molecule has 7 heteroatoms. The van der Waals surface area contributed by atoms with Crippen LogP contribution in [0, 0.1) is 19.3 Å². The normalized spacial score (nSPS) is 15.6. The number of aliphatic hydroxyl groups is 1. The minimum absolute atomic E-state index is 0.0308. The minimum atomic E-state index is -1.04. The number of carbonyl (C=O) groups excluding carboxylic acids is 1. The van der Waals surface area contributed by atoms with Gasteiger partial charge >= 0.3 is 12.0 Å². The summed E-state index contributed by atoms with van der Waals surface area (Å²) >= 11 is 1.26. The van der Waals surface area contributed by atoms with E-state index in [2.05, 4.69) is 10.6 Å². The third-order valence-corrected chi connectivity index (χ3v) is 5.17. The summed E-state index contributed by atoms with van der Waals surface area (Å²) in [5.41, 5.74) is 0.870. The van der Waals surface area contributed by atoms with Gasteiger partial charge in [0.15, 0.2) is 0 Å². The molecular formula is C14H20N2O4S. The molecule has 2 amide bonds. The van der Waals surface area contributed by atoms with E-state index < -0.39 is 12.0 Å². The number of anilines is 1. The summed E-state index contributed by atoms with van der Waals surface area (Å²) in [7, 11) is 0. The van der Waals surface area contributed by atoms with Gasteiger partial charge in [-0.3, -0.25) is 5.32 Å². The fraction of sp³-hybridized carbons (Fsp3) is 0.571. The highest BCUT2D eigenvalue weighted by Gasteiger charge is 2.41. The second kappa shape index (κ2) is 6.03. The Balaban J connectivity index is 1.97. The third kappa shape index (κ3) is 3.54. The highest BCUT2D eigenvalue weighted by Crippen LogP contribution is 2.47. The Kier molecular flexibility index (Phi) is 4.53. The van der Waals surface area contributed by atoms with Crippen LogP contribution in [0.4, 0.5) is 9.80 Å². The average Bonchev–Trinajstić information content (AvgIpc) is 3.10. The maximum atomic E-state index is 11.9. The lowest BCUT2D eigenvalue weighted by Gasteiger charge is -2.14. The van der Waals surface area contributed by atoms with Crippen LogP contribution in [0.1, 0.15) is 40.1 Å². The van der Waals surface area contributed by atoms with Crippen LogP contribution in [0.15, 0.2) is 0 Å². The number of carboxylic acids is 1. The quantitative estimate of drug-likeness (QED) is 0.648. The van der Waals surface area contributed by atoms with Crippen molar-refractivity contribution in [3.8, 4) is 0 Å². The molecule has 4 N–H and O–H groups in total. The lowest BCUT2D eigenvalue weighted by atomic mass is 10.0. The lowest BCUT2D eigenvalue weighted by molar-refractivity contribution is 0.0697. The minimum Gasteiger partial charge on any atom is -0.478 e. The molecule has 0 atom stereocenters. The van der Waals surface area contributed by atoms with Gasteiger partial charge in [-0.05, 0) is 44.1 Å². The number of thiophene rings is 1. The number of aromatic carboxylic acids is 1. The number of carboxylic acid groups (broad SMARTS) is 1. The molecule has 1 heterocycles. The fourth-order valence-electron chi connectivity index (χ4n) is 2.32. The average molecular weight is 312 g/mol. The molecule has 0 aromatic carbocycles. The maximum Gasteiger partial charge on any atom is 0.338 e. The molecule has 1 saturated carbocycles. The van der Waals surface area contributed by atoms with Crippen molar-refractivity contribution in [1.29, 1.82) is 0 Å². The van der Waals surface area contributed by atoms with Gasteiger partial charge in [0, 0.05) is 18.0 Å². The molecule has 1 aromatic rings. The Morgan fingerprint density at radius 2 is 2.00 bits per heavy atom. The predicted octanol–water partition coefficient (Wildman–Crippen LogP) is 2.35. The summed E-state index contributed by atoms with van der Waals surface area (Å²) in [6, 6.07) is -0.400. The number of aryl methyl sites for hydroxylation is 1. The zero-order chi connectivity index (χ0) is 15.6. The van der Waals surface area contributed by atoms with Crippen molar-refractivity contribution >= 4 is 28.3 Å². The summed E-state index contributed by atoms with van der Waals surface area (Å²) < 4.78 is 0. The largest absolute Gasteiger partial charge is 0.478 e. The van der Waals surface area contributed by atoms with Gasteiger partial charge in [0.05, 0.1) is 5.56 Å². The predicted molar refractivity (Wildman–Crippen MR) is 81.1 cm³/mol. The SMILES string of the molecule is Cc1sc(NC(=O)NCC2(CCO)CC2)c(C(=O)O)c1C. The molecule has 6 nitrogen and oxygen atoms in total. The maximum absolute atomic E-state index is 11.9. The van der Waals surface area contributed by atoms with Crippen LogP contribution < -0.4 is 10.6 Å². The van der Waals surface area contributed by atoms with E-state index in [1.165, 1.54) is 11.3 Å². The van der Waals surface area contributed by atoms with Crippen LogP contribution in [-0.2, 0) is 0 Å². The molecule has 0 bridgehead atoms. The van der Waals surface area contributed by atoms with Crippen molar-refractivity contribution in [3.05, 3.63) is 16.0 Å². The van der Waals surface area contributed by atoms with Crippen molar-refractivity contribution in [3.63, 3.8) is 0 Å². The first-order valence-electron chi connectivity index (χ1n) is 6.87. The van der Waals surface area contributed by atoms with Gasteiger partial charge in [0.1, 0.15) is 5.00 Å². The van der Waals surface area contributed by atoms with E-state index in [1.54, 1.807) is 6.92 Å². The Morgan fingerprint density at radius 1 is 1.33 bits per heavy atom. The number of amides is 2. The monoisotopic (exact) mass is 312 g/mol. The molecule has 1 aliphatic carbocycles.